The Morgan fingerprint density at radius 1 is 1.36 bits per heavy atom. The van der Waals surface area contributed by atoms with Crippen molar-refractivity contribution < 1.29 is 0 Å². The van der Waals surface area contributed by atoms with Gasteiger partial charge in [-0.3, -0.25) is 9.67 Å². The molecule has 0 aromatic carbocycles. The molecule has 0 bridgehead atoms. The number of aliphatic imine (C=N–C) groups is 1. The summed E-state index contributed by atoms with van der Waals surface area (Å²) in [5.41, 5.74) is 1.31. The van der Waals surface area contributed by atoms with Gasteiger partial charge < -0.3 is 14.8 Å². The van der Waals surface area contributed by atoms with Crippen LogP contribution in [-0.4, -0.2) is 55.5 Å². The molecule has 8 nitrogen and oxygen atoms in total. The molecule has 0 radical (unpaired) electrons. The third-order valence-electron chi connectivity index (χ3n) is 4.67. The number of hydrogen-bond acceptors (Lipinski definition) is 4. The summed E-state index contributed by atoms with van der Waals surface area (Å²) in [4.78, 5) is 6.75. The van der Waals surface area contributed by atoms with Crippen molar-refractivity contribution in [1.82, 2.24) is 34.8 Å². The molecule has 0 aliphatic carbocycles. The van der Waals surface area contributed by atoms with Crippen molar-refractivity contribution in [2.75, 3.05) is 20.1 Å². The maximum absolute atomic E-state index is 4.42. The Hall–Kier alpha value is -1.65. The van der Waals surface area contributed by atoms with E-state index in [0.29, 0.717) is 12.5 Å². The number of guanidine groups is 1. The van der Waals surface area contributed by atoms with Gasteiger partial charge in [-0.25, -0.2) is 0 Å². The molecule has 2 aromatic heterocycles. The predicted molar refractivity (Wildman–Crippen MR) is 108 cm³/mol. The fourth-order valence-electron chi connectivity index (χ4n) is 3.20. The molecule has 1 fully saturated rings. The van der Waals surface area contributed by atoms with E-state index in [1.165, 1.54) is 12.0 Å². The summed E-state index contributed by atoms with van der Waals surface area (Å²) < 4.78 is 3.86. The summed E-state index contributed by atoms with van der Waals surface area (Å²) in [6.45, 7) is 4.64. The van der Waals surface area contributed by atoms with E-state index < -0.39 is 0 Å². The second-order valence-electron chi connectivity index (χ2n) is 6.45. The van der Waals surface area contributed by atoms with Crippen molar-refractivity contribution in [3.63, 3.8) is 0 Å². The van der Waals surface area contributed by atoms with Gasteiger partial charge in [-0.15, -0.1) is 34.2 Å². The fourth-order valence-corrected chi connectivity index (χ4v) is 3.20. The van der Waals surface area contributed by atoms with Crippen LogP contribution in [0.25, 0.3) is 0 Å². The Labute approximate surface area is 165 Å². The maximum atomic E-state index is 4.42. The molecule has 1 unspecified atom stereocenters. The molecular formula is C16H27IN8. The quantitative estimate of drug-likeness (QED) is 0.422. The summed E-state index contributed by atoms with van der Waals surface area (Å²) in [5, 5.41) is 15.9. The number of rotatable bonds is 4. The van der Waals surface area contributed by atoms with Crippen LogP contribution in [0.5, 0.6) is 0 Å². The summed E-state index contributed by atoms with van der Waals surface area (Å²) in [7, 11) is 5.78. The van der Waals surface area contributed by atoms with Gasteiger partial charge in [-0.1, -0.05) is 0 Å². The van der Waals surface area contributed by atoms with E-state index >= 15 is 0 Å². The van der Waals surface area contributed by atoms with Crippen LogP contribution in [0, 0.1) is 12.8 Å². The highest BCUT2D eigenvalue weighted by Crippen LogP contribution is 2.20. The second kappa shape index (κ2) is 8.63. The average Bonchev–Trinajstić information content (AvgIpc) is 3.26. The number of nitrogens with one attached hydrogen (secondary N) is 1. The molecule has 0 saturated carbocycles. The first-order chi connectivity index (χ1) is 11.6. The molecule has 0 spiro atoms. The lowest BCUT2D eigenvalue weighted by Gasteiger charge is -2.21. The van der Waals surface area contributed by atoms with Gasteiger partial charge in [0.15, 0.2) is 11.8 Å². The van der Waals surface area contributed by atoms with Crippen LogP contribution in [0.2, 0.25) is 0 Å². The standard InChI is InChI=1S/C16H26N8.HI/c1-12-20-21-15(23(12)4)9-18-16(17-2)24-6-5-13(11-24)7-14-8-19-22(3)10-14;/h8,10,13H,5-7,9,11H2,1-4H3,(H,17,18);1H. The van der Waals surface area contributed by atoms with Gasteiger partial charge >= 0.3 is 0 Å². The van der Waals surface area contributed by atoms with Crippen molar-refractivity contribution in [3.05, 3.63) is 29.6 Å². The Morgan fingerprint density at radius 3 is 2.76 bits per heavy atom. The lowest BCUT2D eigenvalue weighted by atomic mass is 10.0. The molecule has 9 heteroatoms. The van der Waals surface area contributed by atoms with E-state index in [1.807, 2.05) is 43.5 Å². The molecule has 3 heterocycles. The molecule has 0 amide bonds. The number of nitrogens with zero attached hydrogens (tertiary/aromatic N) is 7. The molecule has 1 atom stereocenters. The molecule has 1 aliphatic rings. The first kappa shape index (κ1) is 19.7. The first-order valence-electron chi connectivity index (χ1n) is 8.34. The number of halogens is 1. The van der Waals surface area contributed by atoms with Gasteiger partial charge in [0.25, 0.3) is 0 Å². The van der Waals surface area contributed by atoms with Crippen molar-refractivity contribution in [2.24, 2.45) is 25.0 Å². The smallest absolute Gasteiger partial charge is 0.194 e. The molecular weight excluding hydrogens is 431 g/mol. The van der Waals surface area contributed by atoms with Crippen molar-refractivity contribution in [1.29, 1.82) is 0 Å². The molecule has 25 heavy (non-hydrogen) atoms. The third-order valence-corrected chi connectivity index (χ3v) is 4.67. The summed E-state index contributed by atoms with van der Waals surface area (Å²) in [5.74, 6) is 3.41. The monoisotopic (exact) mass is 458 g/mol. The Bertz CT molecular complexity index is 720. The summed E-state index contributed by atoms with van der Waals surface area (Å²) >= 11 is 0. The number of hydrogen-bond donors (Lipinski definition) is 1. The Balaban J connectivity index is 0.00000225. The van der Waals surface area contributed by atoms with E-state index in [1.54, 1.807) is 0 Å². The SMILES string of the molecule is CN=C(NCc1nnc(C)n1C)N1CCC(Cc2cnn(C)c2)C1.I. The topological polar surface area (TPSA) is 76.2 Å². The molecule has 1 saturated heterocycles. The van der Waals surface area contributed by atoms with Gasteiger partial charge in [0, 0.05) is 40.4 Å². The molecule has 1 aliphatic heterocycles. The predicted octanol–water partition coefficient (Wildman–Crippen LogP) is 1.12. The minimum absolute atomic E-state index is 0. The van der Waals surface area contributed by atoms with Crippen LogP contribution >= 0.6 is 24.0 Å². The zero-order chi connectivity index (χ0) is 17.1. The van der Waals surface area contributed by atoms with Gasteiger partial charge in [0.1, 0.15) is 5.82 Å². The van der Waals surface area contributed by atoms with E-state index in [9.17, 15) is 0 Å². The number of aromatic nitrogens is 5. The maximum Gasteiger partial charge on any atom is 0.194 e. The van der Waals surface area contributed by atoms with E-state index in [0.717, 1.165) is 37.1 Å². The van der Waals surface area contributed by atoms with Crippen LogP contribution in [0.4, 0.5) is 0 Å². The van der Waals surface area contributed by atoms with Crippen LogP contribution in [-0.2, 0) is 27.1 Å². The van der Waals surface area contributed by atoms with Crippen LogP contribution in [0.3, 0.4) is 0 Å². The largest absolute Gasteiger partial charge is 0.349 e. The second-order valence-corrected chi connectivity index (χ2v) is 6.45. The molecule has 138 valence electrons. The fraction of sp³-hybridized carbons (Fsp3) is 0.625. The first-order valence-corrected chi connectivity index (χ1v) is 8.34. The van der Waals surface area contributed by atoms with Gasteiger partial charge in [-0.05, 0) is 31.2 Å². The third kappa shape index (κ3) is 4.71. The van der Waals surface area contributed by atoms with Crippen LogP contribution < -0.4 is 5.32 Å². The van der Waals surface area contributed by atoms with Crippen molar-refractivity contribution in [3.8, 4) is 0 Å². The minimum atomic E-state index is 0. The van der Waals surface area contributed by atoms with Crippen LogP contribution in [0.15, 0.2) is 17.4 Å². The van der Waals surface area contributed by atoms with Gasteiger partial charge in [-0.2, -0.15) is 5.10 Å². The zero-order valence-corrected chi connectivity index (χ0v) is 17.6. The van der Waals surface area contributed by atoms with E-state index in [2.05, 4.69) is 36.7 Å². The van der Waals surface area contributed by atoms with Crippen molar-refractivity contribution >= 4 is 29.9 Å². The van der Waals surface area contributed by atoms with Gasteiger partial charge in [0.05, 0.1) is 12.7 Å². The number of aryl methyl sites for hydroxylation is 2. The molecule has 2 aromatic rings. The number of likely N-dealkylation sites (tertiary alicyclic amines) is 1. The van der Waals surface area contributed by atoms with Crippen LogP contribution in [0.1, 0.15) is 23.6 Å². The highest BCUT2D eigenvalue weighted by molar-refractivity contribution is 14.0. The normalized spacial score (nSPS) is 17.7. The van der Waals surface area contributed by atoms with E-state index in [-0.39, 0.29) is 24.0 Å². The Morgan fingerprint density at radius 2 is 2.16 bits per heavy atom. The lowest BCUT2D eigenvalue weighted by Crippen LogP contribution is -2.40. The zero-order valence-electron chi connectivity index (χ0n) is 15.3. The lowest BCUT2D eigenvalue weighted by molar-refractivity contribution is 0.458. The Kier molecular flexibility index (Phi) is 6.79. The average molecular weight is 458 g/mol. The summed E-state index contributed by atoms with van der Waals surface area (Å²) in [6.07, 6.45) is 6.32. The van der Waals surface area contributed by atoms with Gasteiger partial charge in [0.2, 0.25) is 0 Å². The minimum Gasteiger partial charge on any atom is -0.349 e. The highest BCUT2D eigenvalue weighted by Gasteiger charge is 2.25. The van der Waals surface area contributed by atoms with Crippen molar-refractivity contribution in [2.45, 2.75) is 26.3 Å². The van der Waals surface area contributed by atoms with E-state index in [4.69, 9.17) is 0 Å². The highest BCUT2D eigenvalue weighted by atomic mass is 127. The molecule has 1 N–H and O–H groups in total. The summed E-state index contributed by atoms with van der Waals surface area (Å²) in [6, 6.07) is 0. The molecule has 3 rings (SSSR count).